The highest BCUT2D eigenvalue weighted by atomic mass is 32.2. The van der Waals surface area contributed by atoms with Crippen molar-refractivity contribution in [2.24, 2.45) is 7.05 Å². The summed E-state index contributed by atoms with van der Waals surface area (Å²) in [4.78, 5) is 0. The zero-order valence-corrected chi connectivity index (χ0v) is 15.6. The van der Waals surface area contributed by atoms with E-state index in [0.717, 1.165) is 27.7 Å². The number of benzene rings is 2. The van der Waals surface area contributed by atoms with Crippen LogP contribution in [0, 0.1) is 6.92 Å². The fourth-order valence-electron chi connectivity index (χ4n) is 2.54. The third kappa shape index (κ3) is 5.03. The van der Waals surface area contributed by atoms with Crippen molar-refractivity contribution in [3.63, 3.8) is 0 Å². The Hall–Kier alpha value is -2.48. The second-order valence-corrected chi connectivity index (χ2v) is 6.96. The van der Waals surface area contributed by atoms with E-state index in [4.69, 9.17) is 4.74 Å². The molecule has 0 amide bonds. The number of hydrogen-bond donors (Lipinski definition) is 0. The smallest absolute Gasteiger partial charge is 0.422 e. The van der Waals surface area contributed by atoms with Crippen molar-refractivity contribution in [2.45, 2.75) is 24.0 Å². The Morgan fingerprint density at radius 1 is 1.07 bits per heavy atom. The molecule has 0 N–H and O–H groups in total. The minimum atomic E-state index is -4.35. The number of halogens is 3. The molecule has 0 radical (unpaired) electrons. The molecule has 0 aliphatic rings. The Balaban J connectivity index is 1.68. The van der Waals surface area contributed by atoms with E-state index in [-0.39, 0.29) is 5.75 Å². The van der Waals surface area contributed by atoms with Crippen LogP contribution in [0.1, 0.15) is 11.1 Å². The zero-order chi connectivity index (χ0) is 19.4. The van der Waals surface area contributed by atoms with Crippen LogP contribution in [0.4, 0.5) is 13.2 Å². The van der Waals surface area contributed by atoms with Crippen LogP contribution < -0.4 is 4.74 Å². The summed E-state index contributed by atoms with van der Waals surface area (Å²) in [6.45, 7) is 0.718. The van der Waals surface area contributed by atoms with Gasteiger partial charge in [-0.05, 0) is 30.2 Å². The number of hydrogen-bond acceptors (Lipinski definition) is 4. The molecule has 0 saturated heterocycles. The SMILES string of the molecule is Cc1ccccc1-c1nnc(SCc2cccc(OCC(F)(F)F)c2)n1C. The molecular weight excluding hydrogens is 375 g/mol. The lowest BCUT2D eigenvalue weighted by Crippen LogP contribution is -2.19. The normalized spacial score (nSPS) is 11.6. The summed E-state index contributed by atoms with van der Waals surface area (Å²) in [5.74, 6) is 1.52. The van der Waals surface area contributed by atoms with E-state index >= 15 is 0 Å². The van der Waals surface area contributed by atoms with Gasteiger partial charge in [-0.15, -0.1) is 10.2 Å². The second kappa shape index (κ2) is 8.04. The minimum Gasteiger partial charge on any atom is -0.484 e. The molecule has 0 saturated carbocycles. The largest absolute Gasteiger partial charge is 0.484 e. The molecule has 0 unspecified atom stereocenters. The number of aromatic nitrogens is 3. The van der Waals surface area contributed by atoms with Crippen molar-refractivity contribution in [1.82, 2.24) is 14.8 Å². The van der Waals surface area contributed by atoms with Crippen LogP contribution in [0.3, 0.4) is 0 Å². The molecule has 0 aliphatic carbocycles. The highest BCUT2D eigenvalue weighted by molar-refractivity contribution is 7.98. The summed E-state index contributed by atoms with van der Waals surface area (Å²) in [7, 11) is 1.90. The standard InChI is InChI=1S/C19H18F3N3OS/c1-13-6-3-4-9-16(13)17-23-24-18(25(17)2)27-11-14-7-5-8-15(10-14)26-12-19(20,21)22/h3-10H,11-12H2,1-2H3. The molecule has 142 valence electrons. The molecule has 2 aromatic carbocycles. The van der Waals surface area contributed by atoms with Crippen molar-refractivity contribution in [3.05, 3.63) is 59.7 Å². The van der Waals surface area contributed by atoms with E-state index in [1.807, 2.05) is 48.9 Å². The van der Waals surface area contributed by atoms with Crippen molar-refractivity contribution in [2.75, 3.05) is 6.61 Å². The van der Waals surface area contributed by atoms with Crippen molar-refractivity contribution < 1.29 is 17.9 Å². The van der Waals surface area contributed by atoms with E-state index in [1.54, 1.807) is 12.1 Å². The van der Waals surface area contributed by atoms with Crippen LogP contribution in [0.5, 0.6) is 5.75 Å². The van der Waals surface area contributed by atoms with Crippen LogP contribution in [0.2, 0.25) is 0 Å². The molecule has 0 aliphatic heterocycles. The van der Waals surface area contributed by atoms with Gasteiger partial charge >= 0.3 is 6.18 Å². The molecule has 3 aromatic rings. The van der Waals surface area contributed by atoms with Crippen LogP contribution >= 0.6 is 11.8 Å². The maximum absolute atomic E-state index is 12.3. The van der Waals surface area contributed by atoms with Crippen molar-refractivity contribution in [1.29, 1.82) is 0 Å². The average molecular weight is 393 g/mol. The molecule has 0 fully saturated rings. The lowest BCUT2D eigenvalue weighted by Gasteiger charge is -2.10. The van der Waals surface area contributed by atoms with Crippen LogP contribution in [0.15, 0.2) is 53.7 Å². The molecule has 3 rings (SSSR count). The Labute approximate surface area is 159 Å². The number of aryl methyl sites for hydroxylation is 1. The first-order valence-electron chi connectivity index (χ1n) is 8.20. The Kier molecular flexibility index (Phi) is 5.74. The first-order valence-corrected chi connectivity index (χ1v) is 9.19. The highest BCUT2D eigenvalue weighted by Gasteiger charge is 2.28. The number of nitrogens with zero attached hydrogens (tertiary/aromatic N) is 3. The van der Waals surface area contributed by atoms with Gasteiger partial charge in [0, 0.05) is 18.4 Å². The van der Waals surface area contributed by atoms with Gasteiger partial charge in [0.1, 0.15) is 5.75 Å². The van der Waals surface area contributed by atoms with E-state index in [0.29, 0.717) is 5.75 Å². The summed E-state index contributed by atoms with van der Waals surface area (Å²) in [6, 6.07) is 14.6. The fraction of sp³-hybridized carbons (Fsp3) is 0.263. The first kappa shape index (κ1) is 19.3. The molecule has 0 bridgehead atoms. The van der Waals surface area contributed by atoms with E-state index in [9.17, 15) is 13.2 Å². The maximum Gasteiger partial charge on any atom is 0.422 e. The van der Waals surface area contributed by atoms with Gasteiger partial charge in [0.25, 0.3) is 0 Å². The third-order valence-corrected chi connectivity index (χ3v) is 4.98. The van der Waals surface area contributed by atoms with Gasteiger partial charge in [-0.1, -0.05) is 48.2 Å². The van der Waals surface area contributed by atoms with Gasteiger partial charge in [-0.2, -0.15) is 13.2 Å². The lowest BCUT2D eigenvalue weighted by molar-refractivity contribution is -0.153. The van der Waals surface area contributed by atoms with Gasteiger partial charge in [0.15, 0.2) is 17.6 Å². The predicted octanol–water partition coefficient (Wildman–Crippen LogP) is 5.02. The van der Waals surface area contributed by atoms with Crippen LogP contribution in [-0.4, -0.2) is 27.5 Å². The molecule has 27 heavy (non-hydrogen) atoms. The maximum atomic E-state index is 12.3. The molecular formula is C19H18F3N3OS. The summed E-state index contributed by atoms with van der Waals surface area (Å²) >= 11 is 1.47. The van der Waals surface area contributed by atoms with Crippen molar-refractivity contribution >= 4 is 11.8 Å². The number of alkyl halides is 3. The van der Waals surface area contributed by atoms with Gasteiger partial charge in [-0.3, -0.25) is 0 Å². The Morgan fingerprint density at radius 2 is 1.85 bits per heavy atom. The molecule has 1 heterocycles. The molecule has 0 atom stereocenters. The quantitative estimate of drug-likeness (QED) is 0.551. The second-order valence-electron chi connectivity index (χ2n) is 6.02. The highest BCUT2D eigenvalue weighted by Crippen LogP contribution is 2.28. The van der Waals surface area contributed by atoms with E-state index in [2.05, 4.69) is 10.2 Å². The summed E-state index contributed by atoms with van der Waals surface area (Å²) in [5.41, 5.74) is 2.97. The fourth-order valence-corrected chi connectivity index (χ4v) is 3.39. The number of rotatable bonds is 6. The molecule has 1 aromatic heterocycles. The van der Waals surface area contributed by atoms with Gasteiger partial charge < -0.3 is 9.30 Å². The number of ether oxygens (including phenoxy) is 1. The van der Waals surface area contributed by atoms with Crippen LogP contribution in [0.25, 0.3) is 11.4 Å². The topological polar surface area (TPSA) is 39.9 Å². The summed E-state index contributed by atoms with van der Waals surface area (Å²) in [5, 5.41) is 9.24. The predicted molar refractivity (Wildman–Crippen MR) is 98.7 cm³/mol. The van der Waals surface area contributed by atoms with Gasteiger partial charge in [0.05, 0.1) is 0 Å². The first-order chi connectivity index (χ1) is 12.8. The van der Waals surface area contributed by atoms with Crippen molar-refractivity contribution in [3.8, 4) is 17.1 Å². The van der Waals surface area contributed by atoms with E-state index in [1.165, 1.54) is 17.8 Å². The monoisotopic (exact) mass is 393 g/mol. The summed E-state index contributed by atoms with van der Waals surface area (Å²) < 4.78 is 43.5. The minimum absolute atomic E-state index is 0.198. The molecule has 4 nitrogen and oxygen atoms in total. The Bertz CT molecular complexity index is 925. The van der Waals surface area contributed by atoms with Gasteiger partial charge in [0.2, 0.25) is 0 Å². The molecule has 8 heteroatoms. The van der Waals surface area contributed by atoms with Crippen LogP contribution in [-0.2, 0) is 12.8 Å². The lowest BCUT2D eigenvalue weighted by atomic mass is 10.1. The average Bonchev–Trinajstić information content (AvgIpc) is 2.99. The Morgan fingerprint density at radius 3 is 2.59 bits per heavy atom. The van der Waals surface area contributed by atoms with Gasteiger partial charge in [-0.25, -0.2) is 0 Å². The zero-order valence-electron chi connectivity index (χ0n) is 14.8. The number of thioether (sulfide) groups is 1. The summed E-state index contributed by atoms with van der Waals surface area (Å²) in [6.07, 6.45) is -4.35. The van der Waals surface area contributed by atoms with E-state index < -0.39 is 12.8 Å². The molecule has 0 spiro atoms. The third-order valence-electron chi connectivity index (χ3n) is 3.89.